The van der Waals surface area contributed by atoms with Gasteiger partial charge in [0, 0.05) is 31.2 Å². The molecule has 1 aliphatic rings. The molecule has 10 heteroatoms. The van der Waals surface area contributed by atoms with Crippen molar-refractivity contribution in [3.63, 3.8) is 0 Å². The number of aliphatic imine (C=N–C) groups is 1. The van der Waals surface area contributed by atoms with E-state index < -0.39 is 5.03 Å². The van der Waals surface area contributed by atoms with Crippen LogP contribution in [0.1, 0.15) is 17.7 Å². The van der Waals surface area contributed by atoms with Gasteiger partial charge in [-0.05, 0) is 12.8 Å². The number of halogens is 1. The molecule has 8 nitrogen and oxygen atoms in total. The summed E-state index contributed by atoms with van der Waals surface area (Å²) in [5.74, 6) is 0.0979. The predicted molar refractivity (Wildman–Crippen MR) is 82.3 cm³/mol. The number of hydrogen-bond acceptors (Lipinski definition) is 4. The minimum Gasteiger partial charge on any atom is -0.369 e. The Labute approximate surface area is 130 Å². The van der Waals surface area contributed by atoms with E-state index in [0.29, 0.717) is 11.0 Å². The van der Waals surface area contributed by atoms with Gasteiger partial charge < -0.3 is 9.80 Å². The zero-order valence-electron chi connectivity index (χ0n) is 11.6. The maximum atomic E-state index is 10.7. The van der Waals surface area contributed by atoms with E-state index >= 15 is 0 Å². The second-order valence-corrected chi connectivity index (χ2v) is 6.48. The highest BCUT2D eigenvalue weighted by Gasteiger charge is 2.33. The van der Waals surface area contributed by atoms with Gasteiger partial charge in [-0.1, -0.05) is 11.6 Å². The molecule has 1 fully saturated rings. The van der Waals surface area contributed by atoms with E-state index in [0.717, 1.165) is 17.7 Å². The molecule has 0 aromatic carbocycles. The van der Waals surface area contributed by atoms with Crippen LogP contribution in [0.5, 0.6) is 0 Å². The highest BCUT2D eigenvalue weighted by atomic mass is 35.5. The molecular formula is C11H15ClN6O2S. The van der Waals surface area contributed by atoms with Crippen LogP contribution in [0, 0.1) is 10.1 Å². The summed E-state index contributed by atoms with van der Waals surface area (Å²) in [6.45, 7) is 0.465. The Kier molecular flexibility index (Phi) is 5.07. The van der Waals surface area contributed by atoms with Crippen molar-refractivity contribution in [1.82, 2.24) is 14.8 Å². The topological polar surface area (TPSA) is 87.2 Å². The summed E-state index contributed by atoms with van der Waals surface area (Å²) in [6.07, 6.45) is 5.11. The zero-order chi connectivity index (χ0) is 15.4. The Morgan fingerprint density at radius 1 is 1.67 bits per heavy atom. The molecule has 1 aromatic rings. The summed E-state index contributed by atoms with van der Waals surface area (Å²) in [5, 5.41) is 13.4. The first-order valence-corrected chi connectivity index (χ1v) is 7.45. The molecular weight excluding hydrogens is 316 g/mol. The Balaban J connectivity index is 2.21. The van der Waals surface area contributed by atoms with Crippen molar-refractivity contribution >= 4 is 35.2 Å². The standard InChI is InChI=1S/C11H15ClN6O2S/c1-16(2)7-14-11(15-18(19)20)17(8-3-4-8)6-9-5-13-10(12)21-9/h5,7-8H,3-4,6H2,1-2H3/b14-7?,15-11+. The van der Waals surface area contributed by atoms with Crippen molar-refractivity contribution in [2.75, 3.05) is 14.1 Å². The molecule has 0 amide bonds. The smallest absolute Gasteiger partial charge is 0.299 e. The lowest BCUT2D eigenvalue weighted by Gasteiger charge is -2.20. The first kappa shape index (κ1) is 15.6. The fourth-order valence-electron chi connectivity index (χ4n) is 1.67. The molecule has 21 heavy (non-hydrogen) atoms. The van der Waals surface area contributed by atoms with E-state index in [-0.39, 0.29) is 12.0 Å². The maximum absolute atomic E-state index is 10.7. The molecule has 0 bridgehead atoms. The molecule has 0 unspecified atom stereocenters. The SMILES string of the molecule is CN(C)C=N/C(=N\[N+](=O)[O-])N(Cc1cnc(Cl)s1)C1CC1. The van der Waals surface area contributed by atoms with Gasteiger partial charge in [0.2, 0.25) is 0 Å². The van der Waals surface area contributed by atoms with Gasteiger partial charge in [-0.3, -0.25) is 0 Å². The van der Waals surface area contributed by atoms with Crippen molar-refractivity contribution in [3.8, 4) is 0 Å². The number of hydrazone groups is 1. The van der Waals surface area contributed by atoms with Crippen molar-refractivity contribution in [3.05, 3.63) is 25.7 Å². The molecule has 0 atom stereocenters. The Hall–Kier alpha value is -1.74. The molecule has 1 aromatic heterocycles. The largest absolute Gasteiger partial charge is 0.369 e. The molecule has 1 saturated carbocycles. The molecule has 0 aliphatic heterocycles. The number of thiazole rings is 1. The van der Waals surface area contributed by atoms with Crippen molar-refractivity contribution < 1.29 is 5.03 Å². The number of rotatable bonds is 5. The summed E-state index contributed by atoms with van der Waals surface area (Å²) >= 11 is 7.17. The molecule has 0 radical (unpaired) electrons. The average Bonchev–Trinajstić information content (AvgIpc) is 3.15. The summed E-state index contributed by atoms with van der Waals surface area (Å²) in [7, 11) is 3.58. The summed E-state index contributed by atoms with van der Waals surface area (Å²) in [5.41, 5.74) is 0. The Morgan fingerprint density at radius 3 is 2.86 bits per heavy atom. The third-order valence-electron chi connectivity index (χ3n) is 2.67. The lowest BCUT2D eigenvalue weighted by Crippen LogP contribution is -2.32. The molecule has 0 N–H and O–H groups in total. The Bertz CT molecular complexity index is 569. The van der Waals surface area contributed by atoms with Crippen LogP contribution in [0.15, 0.2) is 16.3 Å². The van der Waals surface area contributed by atoms with Crippen LogP contribution >= 0.6 is 22.9 Å². The highest BCUT2D eigenvalue weighted by molar-refractivity contribution is 7.15. The lowest BCUT2D eigenvalue weighted by molar-refractivity contribution is -0.485. The van der Waals surface area contributed by atoms with Gasteiger partial charge in [0.1, 0.15) is 5.10 Å². The molecule has 114 valence electrons. The number of nitrogens with zero attached hydrogens (tertiary/aromatic N) is 6. The van der Waals surface area contributed by atoms with E-state index in [4.69, 9.17) is 11.6 Å². The van der Waals surface area contributed by atoms with Gasteiger partial charge >= 0.3 is 0 Å². The number of aromatic nitrogens is 1. The Morgan fingerprint density at radius 2 is 2.38 bits per heavy atom. The first-order valence-electron chi connectivity index (χ1n) is 6.26. The van der Waals surface area contributed by atoms with E-state index in [1.807, 2.05) is 4.90 Å². The molecule has 0 saturated heterocycles. The highest BCUT2D eigenvalue weighted by Crippen LogP contribution is 2.30. The van der Waals surface area contributed by atoms with Crippen LogP contribution < -0.4 is 0 Å². The van der Waals surface area contributed by atoms with Crippen LogP contribution in [-0.2, 0) is 6.54 Å². The summed E-state index contributed by atoms with van der Waals surface area (Å²) in [4.78, 5) is 23.3. The van der Waals surface area contributed by atoms with Crippen LogP contribution in [0.2, 0.25) is 4.47 Å². The minimum absolute atomic E-state index is 0.0979. The van der Waals surface area contributed by atoms with Crippen LogP contribution in [0.3, 0.4) is 0 Å². The van der Waals surface area contributed by atoms with Crippen LogP contribution in [-0.4, -0.2) is 52.3 Å². The number of guanidine groups is 1. The lowest BCUT2D eigenvalue weighted by atomic mass is 10.4. The van der Waals surface area contributed by atoms with Gasteiger partial charge in [-0.25, -0.2) is 15.1 Å². The van der Waals surface area contributed by atoms with E-state index in [1.165, 1.54) is 17.7 Å². The zero-order valence-corrected chi connectivity index (χ0v) is 13.2. The monoisotopic (exact) mass is 330 g/mol. The van der Waals surface area contributed by atoms with Gasteiger partial charge in [0.25, 0.3) is 5.96 Å². The maximum Gasteiger partial charge on any atom is 0.299 e. The summed E-state index contributed by atoms with van der Waals surface area (Å²) in [6, 6.07) is 0.226. The van der Waals surface area contributed by atoms with Gasteiger partial charge in [-0.2, -0.15) is 4.99 Å². The van der Waals surface area contributed by atoms with Gasteiger partial charge in [0.05, 0.1) is 12.9 Å². The normalized spacial score (nSPS) is 15.5. The fraction of sp³-hybridized carbons (Fsp3) is 0.545. The first-order chi connectivity index (χ1) is 9.95. The van der Waals surface area contributed by atoms with Gasteiger partial charge in [-0.15, -0.1) is 11.3 Å². The molecule has 1 aliphatic carbocycles. The van der Waals surface area contributed by atoms with Crippen molar-refractivity contribution in [2.45, 2.75) is 25.4 Å². The summed E-state index contributed by atoms with van der Waals surface area (Å²) < 4.78 is 0.449. The third kappa shape index (κ3) is 4.94. The molecule has 1 heterocycles. The molecule has 0 spiro atoms. The van der Waals surface area contributed by atoms with E-state index in [9.17, 15) is 10.1 Å². The van der Waals surface area contributed by atoms with Crippen LogP contribution in [0.4, 0.5) is 0 Å². The molecule has 2 rings (SSSR count). The van der Waals surface area contributed by atoms with E-state index in [1.54, 1.807) is 25.2 Å². The van der Waals surface area contributed by atoms with Crippen molar-refractivity contribution in [1.29, 1.82) is 0 Å². The van der Waals surface area contributed by atoms with Gasteiger partial charge in [0.15, 0.2) is 9.50 Å². The number of nitro groups is 1. The second-order valence-electron chi connectivity index (χ2n) is 4.78. The van der Waals surface area contributed by atoms with Crippen molar-refractivity contribution in [2.24, 2.45) is 10.1 Å². The van der Waals surface area contributed by atoms with E-state index in [2.05, 4.69) is 15.1 Å². The third-order valence-corrected chi connectivity index (χ3v) is 3.77. The predicted octanol–water partition coefficient (Wildman–Crippen LogP) is 1.90. The fourth-order valence-corrected chi connectivity index (χ4v) is 2.65. The number of hydrogen-bond donors (Lipinski definition) is 0. The average molecular weight is 331 g/mol. The quantitative estimate of drug-likeness (QED) is 0.356. The van der Waals surface area contributed by atoms with Crippen LogP contribution in [0.25, 0.3) is 0 Å². The minimum atomic E-state index is -0.725. The second kappa shape index (κ2) is 6.81.